The number of hydrogen-bond acceptors (Lipinski definition) is 2. The number of carbonyl (C=O) groups excluding carboxylic acids is 1. The Bertz CT molecular complexity index is 424. The first-order valence-corrected chi connectivity index (χ1v) is 7.93. The fourth-order valence-corrected chi connectivity index (χ4v) is 2.34. The normalized spacial score (nSPS) is 13.4. The summed E-state index contributed by atoms with van der Waals surface area (Å²) in [4.78, 5) is 12.0. The molecule has 0 radical (unpaired) electrons. The van der Waals surface area contributed by atoms with Crippen LogP contribution < -0.4 is 0 Å². The molecule has 116 valence electrons. The average Bonchev–Trinajstić information content (AvgIpc) is 2.51. The van der Waals surface area contributed by atoms with Crippen LogP contribution in [-0.2, 0) is 16.1 Å². The van der Waals surface area contributed by atoms with Gasteiger partial charge in [0.05, 0.1) is 6.42 Å². The summed E-state index contributed by atoms with van der Waals surface area (Å²) in [5, 5.41) is 0. The van der Waals surface area contributed by atoms with Crippen molar-refractivity contribution in [2.45, 2.75) is 59.0 Å². The first-order chi connectivity index (χ1) is 10.1. The number of allylic oxidation sites excluding steroid dienone is 1. The van der Waals surface area contributed by atoms with Crippen molar-refractivity contribution >= 4 is 5.97 Å². The molecule has 21 heavy (non-hydrogen) atoms. The molecule has 1 aromatic carbocycles. The lowest BCUT2D eigenvalue weighted by Crippen LogP contribution is -2.20. The zero-order valence-corrected chi connectivity index (χ0v) is 13.4. The molecule has 0 saturated carbocycles. The Balaban J connectivity index is 2.37. The minimum Gasteiger partial charge on any atom is -0.461 e. The van der Waals surface area contributed by atoms with Gasteiger partial charge in [-0.15, -0.1) is 6.58 Å². The maximum absolute atomic E-state index is 12.0. The predicted molar refractivity (Wildman–Crippen MR) is 87.9 cm³/mol. The standard InChI is InChI=1S/C19H28O2/c1-4-6-7-11-14-19(3,5-2)15-18(20)21-16-17-12-9-8-10-13-17/h5,8-10,12-13H,2,4,6-7,11,14-16H2,1,3H3/t19-/m0/s1. The lowest BCUT2D eigenvalue weighted by molar-refractivity contribution is -0.147. The third kappa shape index (κ3) is 7.12. The highest BCUT2D eigenvalue weighted by molar-refractivity contribution is 5.70. The Morgan fingerprint density at radius 3 is 2.57 bits per heavy atom. The van der Waals surface area contributed by atoms with E-state index >= 15 is 0 Å². The Morgan fingerprint density at radius 1 is 1.24 bits per heavy atom. The van der Waals surface area contributed by atoms with Crippen LogP contribution in [0.1, 0.15) is 57.9 Å². The predicted octanol–water partition coefficient (Wildman–Crippen LogP) is 5.28. The van der Waals surface area contributed by atoms with Crippen molar-refractivity contribution in [3.05, 3.63) is 48.6 Å². The highest BCUT2D eigenvalue weighted by Gasteiger charge is 2.24. The second kappa shape index (κ2) is 9.38. The number of esters is 1. The number of unbranched alkanes of at least 4 members (excludes halogenated alkanes) is 3. The molecule has 0 heterocycles. The number of rotatable bonds is 10. The fraction of sp³-hybridized carbons (Fsp3) is 0.526. The highest BCUT2D eigenvalue weighted by atomic mass is 16.5. The Hall–Kier alpha value is -1.57. The SMILES string of the molecule is C=C[C@@](C)(CCCCCC)CC(=O)OCc1ccccc1. The Morgan fingerprint density at radius 2 is 1.95 bits per heavy atom. The van der Waals surface area contributed by atoms with Gasteiger partial charge in [0, 0.05) is 0 Å². The van der Waals surface area contributed by atoms with Crippen LogP contribution >= 0.6 is 0 Å². The smallest absolute Gasteiger partial charge is 0.306 e. The molecule has 1 aromatic rings. The van der Waals surface area contributed by atoms with Crippen LogP contribution in [-0.4, -0.2) is 5.97 Å². The van der Waals surface area contributed by atoms with Crippen LogP contribution in [0.5, 0.6) is 0 Å². The molecule has 0 fully saturated rings. The van der Waals surface area contributed by atoms with Gasteiger partial charge in [0.2, 0.25) is 0 Å². The van der Waals surface area contributed by atoms with Crippen LogP contribution in [0.15, 0.2) is 43.0 Å². The maximum atomic E-state index is 12.0. The third-order valence-corrected chi connectivity index (χ3v) is 3.89. The van der Waals surface area contributed by atoms with Crippen molar-refractivity contribution in [2.75, 3.05) is 0 Å². The van der Waals surface area contributed by atoms with Gasteiger partial charge in [-0.05, 0) is 17.4 Å². The van der Waals surface area contributed by atoms with Crippen molar-refractivity contribution in [1.82, 2.24) is 0 Å². The molecule has 0 aliphatic carbocycles. The van der Waals surface area contributed by atoms with Crippen molar-refractivity contribution in [3.8, 4) is 0 Å². The first kappa shape index (κ1) is 17.5. The molecule has 0 amide bonds. The van der Waals surface area contributed by atoms with E-state index in [-0.39, 0.29) is 11.4 Å². The van der Waals surface area contributed by atoms with Gasteiger partial charge >= 0.3 is 5.97 Å². The fourth-order valence-electron chi connectivity index (χ4n) is 2.34. The zero-order valence-electron chi connectivity index (χ0n) is 13.4. The zero-order chi connectivity index (χ0) is 15.6. The largest absolute Gasteiger partial charge is 0.461 e. The van der Waals surface area contributed by atoms with E-state index in [1.54, 1.807) is 0 Å². The van der Waals surface area contributed by atoms with Gasteiger partial charge < -0.3 is 4.74 Å². The molecule has 2 heteroatoms. The summed E-state index contributed by atoms with van der Waals surface area (Å²) in [6, 6.07) is 9.78. The average molecular weight is 288 g/mol. The number of carbonyl (C=O) groups is 1. The molecule has 1 atom stereocenters. The summed E-state index contributed by atoms with van der Waals surface area (Å²) in [5.41, 5.74) is 0.871. The van der Waals surface area contributed by atoms with Gasteiger partial charge in [0.25, 0.3) is 0 Å². The van der Waals surface area contributed by atoms with Gasteiger partial charge in [0.1, 0.15) is 6.61 Å². The van der Waals surface area contributed by atoms with Gasteiger partial charge in [-0.25, -0.2) is 0 Å². The third-order valence-electron chi connectivity index (χ3n) is 3.89. The lowest BCUT2D eigenvalue weighted by Gasteiger charge is -2.24. The number of benzene rings is 1. The van der Waals surface area contributed by atoms with E-state index in [0.717, 1.165) is 18.4 Å². The molecule has 1 rings (SSSR count). The molecule has 0 unspecified atom stereocenters. The van der Waals surface area contributed by atoms with E-state index < -0.39 is 0 Å². The van der Waals surface area contributed by atoms with E-state index in [4.69, 9.17) is 4.74 Å². The molecule has 0 aromatic heterocycles. The van der Waals surface area contributed by atoms with Crippen LogP contribution in [0, 0.1) is 5.41 Å². The summed E-state index contributed by atoms with van der Waals surface area (Å²) in [7, 11) is 0. The monoisotopic (exact) mass is 288 g/mol. The minimum absolute atomic E-state index is 0.142. The minimum atomic E-state index is -0.151. The van der Waals surface area contributed by atoms with Crippen LogP contribution in [0.25, 0.3) is 0 Å². The summed E-state index contributed by atoms with van der Waals surface area (Å²) < 4.78 is 5.37. The quantitative estimate of drug-likeness (QED) is 0.332. The molecular formula is C19H28O2. The maximum Gasteiger partial charge on any atom is 0.306 e. The molecule has 0 bridgehead atoms. The van der Waals surface area contributed by atoms with Crippen LogP contribution in [0.3, 0.4) is 0 Å². The van der Waals surface area contributed by atoms with Crippen molar-refractivity contribution in [2.24, 2.45) is 5.41 Å². The number of ether oxygens (including phenoxy) is 1. The van der Waals surface area contributed by atoms with Gasteiger partial charge in [-0.3, -0.25) is 4.79 Å². The van der Waals surface area contributed by atoms with E-state index in [1.807, 2.05) is 36.4 Å². The summed E-state index contributed by atoms with van der Waals surface area (Å²) in [6.45, 7) is 8.54. The van der Waals surface area contributed by atoms with Crippen LogP contribution in [0.4, 0.5) is 0 Å². The first-order valence-electron chi connectivity index (χ1n) is 7.93. The van der Waals surface area contributed by atoms with E-state index in [2.05, 4.69) is 20.4 Å². The van der Waals surface area contributed by atoms with E-state index in [9.17, 15) is 4.79 Å². The van der Waals surface area contributed by atoms with E-state index in [0.29, 0.717) is 13.0 Å². The van der Waals surface area contributed by atoms with Gasteiger partial charge in [0.15, 0.2) is 0 Å². The molecule has 0 saturated heterocycles. The van der Waals surface area contributed by atoms with Crippen molar-refractivity contribution in [1.29, 1.82) is 0 Å². The molecule has 0 N–H and O–H groups in total. The summed E-state index contributed by atoms with van der Waals surface area (Å²) in [5.74, 6) is -0.142. The summed E-state index contributed by atoms with van der Waals surface area (Å²) >= 11 is 0. The second-order valence-corrected chi connectivity index (χ2v) is 5.99. The lowest BCUT2D eigenvalue weighted by atomic mass is 9.81. The second-order valence-electron chi connectivity index (χ2n) is 5.99. The summed E-state index contributed by atoms with van der Waals surface area (Å²) in [6.07, 6.45) is 8.16. The Kier molecular flexibility index (Phi) is 7.81. The van der Waals surface area contributed by atoms with E-state index in [1.165, 1.54) is 19.3 Å². The van der Waals surface area contributed by atoms with Crippen molar-refractivity contribution in [3.63, 3.8) is 0 Å². The van der Waals surface area contributed by atoms with Gasteiger partial charge in [-0.2, -0.15) is 0 Å². The van der Waals surface area contributed by atoms with Crippen LogP contribution in [0.2, 0.25) is 0 Å². The molecule has 0 aliphatic rings. The molecular weight excluding hydrogens is 260 g/mol. The molecule has 0 aliphatic heterocycles. The number of hydrogen-bond donors (Lipinski definition) is 0. The Labute approximate surface area is 129 Å². The topological polar surface area (TPSA) is 26.3 Å². The highest BCUT2D eigenvalue weighted by Crippen LogP contribution is 2.30. The molecule has 2 nitrogen and oxygen atoms in total. The molecule has 0 spiro atoms. The van der Waals surface area contributed by atoms with Crippen molar-refractivity contribution < 1.29 is 9.53 Å². The van der Waals surface area contributed by atoms with Gasteiger partial charge in [-0.1, -0.05) is 75.9 Å².